The number of rotatable bonds is 3. The second-order valence-corrected chi connectivity index (χ2v) is 4.69. The van der Waals surface area contributed by atoms with Crippen molar-refractivity contribution in [1.82, 2.24) is 9.38 Å². The summed E-state index contributed by atoms with van der Waals surface area (Å²) < 4.78 is 1.66. The van der Waals surface area contributed by atoms with Gasteiger partial charge in [0, 0.05) is 12.3 Å². The lowest BCUT2D eigenvalue weighted by Crippen LogP contribution is -1.97. The van der Waals surface area contributed by atoms with Gasteiger partial charge in [-0.25, -0.2) is 9.78 Å². The van der Waals surface area contributed by atoms with Gasteiger partial charge in [0.15, 0.2) is 5.82 Å². The summed E-state index contributed by atoms with van der Waals surface area (Å²) in [6.45, 7) is 1.77. The highest BCUT2D eigenvalue weighted by atomic mass is 16.4. The molecule has 3 aromatic rings. The topological polar surface area (TPSA) is 99.5 Å². The van der Waals surface area contributed by atoms with Crippen LogP contribution in [0.4, 0.5) is 11.5 Å². The van der Waals surface area contributed by atoms with Gasteiger partial charge in [0.1, 0.15) is 11.4 Å². The normalized spacial score (nSPS) is 11.3. The number of nitrogens with zero attached hydrogens (tertiary/aromatic N) is 4. The number of fused-ring (bicyclic) bond motifs is 1. The van der Waals surface area contributed by atoms with E-state index in [4.69, 9.17) is 5.11 Å². The lowest BCUT2D eigenvalue weighted by atomic mass is 10.3. The molecule has 0 aliphatic carbocycles. The summed E-state index contributed by atoms with van der Waals surface area (Å²) in [6, 6.07) is 9.37. The Balaban J connectivity index is 2.03. The van der Waals surface area contributed by atoms with E-state index < -0.39 is 5.97 Å². The second kappa shape index (κ2) is 5.28. The average molecular weight is 296 g/mol. The molecule has 0 amide bonds. The minimum absolute atomic E-state index is 0.109. The van der Waals surface area contributed by atoms with Crippen LogP contribution in [0.25, 0.3) is 5.65 Å². The summed E-state index contributed by atoms with van der Waals surface area (Å²) in [5.41, 5.74) is 1.79. The summed E-state index contributed by atoms with van der Waals surface area (Å²) in [5, 5.41) is 26.6. The summed E-state index contributed by atoms with van der Waals surface area (Å²) in [6.07, 6.45) is 1.59. The maximum absolute atomic E-state index is 11.0. The zero-order valence-electron chi connectivity index (χ0n) is 11.6. The number of imidazole rings is 1. The highest BCUT2D eigenvalue weighted by molar-refractivity contribution is 5.88. The molecule has 0 fully saturated rings. The molecule has 2 N–H and O–H groups in total. The zero-order chi connectivity index (χ0) is 15.7. The van der Waals surface area contributed by atoms with Crippen LogP contribution in [0, 0.1) is 6.92 Å². The number of aryl methyl sites for hydroxylation is 1. The third-order valence-electron chi connectivity index (χ3n) is 3.11. The number of pyridine rings is 1. The van der Waals surface area contributed by atoms with Crippen LogP contribution in [-0.2, 0) is 0 Å². The first kappa shape index (κ1) is 13.7. The van der Waals surface area contributed by atoms with E-state index in [1.807, 2.05) is 0 Å². The Morgan fingerprint density at radius 3 is 2.77 bits per heavy atom. The zero-order valence-corrected chi connectivity index (χ0v) is 11.6. The number of carboxylic acids is 1. The number of hydrogen-bond donors (Lipinski definition) is 2. The predicted octanol–water partition coefficient (Wildman–Crippen LogP) is 3.46. The van der Waals surface area contributed by atoms with Crippen molar-refractivity contribution in [3.63, 3.8) is 0 Å². The molecule has 7 nitrogen and oxygen atoms in total. The van der Waals surface area contributed by atoms with E-state index in [-0.39, 0.29) is 11.3 Å². The van der Waals surface area contributed by atoms with Gasteiger partial charge < -0.3 is 10.2 Å². The molecule has 22 heavy (non-hydrogen) atoms. The van der Waals surface area contributed by atoms with Crippen LogP contribution in [0.2, 0.25) is 0 Å². The smallest absolute Gasteiger partial charge is 0.335 e. The number of carboxylic acid groups (broad SMARTS) is 1. The number of aromatic carboxylic acids is 1. The minimum Gasteiger partial charge on any atom is -0.508 e. The molecule has 7 heteroatoms. The summed E-state index contributed by atoms with van der Waals surface area (Å²) >= 11 is 0. The highest BCUT2D eigenvalue weighted by Crippen LogP contribution is 2.25. The fraction of sp³-hybridized carbons (Fsp3) is 0.0667. The quantitative estimate of drug-likeness (QED) is 0.723. The Labute approximate surface area is 125 Å². The summed E-state index contributed by atoms with van der Waals surface area (Å²) in [7, 11) is 0. The minimum atomic E-state index is -1.01. The Morgan fingerprint density at radius 2 is 2.05 bits per heavy atom. The number of phenols is 1. The molecule has 0 unspecified atom stereocenters. The number of carbonyl (C=O) groups is 1. The van der Waals surface area contributed by atoms with E-state index >= 15 is 0 Å². The van der Waals surface area contributed by atoms with Gasteiger partial charge in [0.25, 0.3) is 0 Å². The van der Waals surface area contributed by atoms with Gasteiger partial charge in [0.2, 0.25) is 0 Å². The Bertz CT molecular complexity index is 899. The van der Waals surface area contributed by atoms with Crippen LogP contribution in [0.3, 0.4) is 0 Å². The summed E-state index contributed by atoms with van der Waals surface area (Å²) in [5.74, 6) is -0.390. The predicted molar refractivity (Wildman–Crippen MR) is 79.2 cm³/mol. The SMILES string of the molecule is Cc1nc2cc(C(=O)O)ccn2c1N=Nc1cccc(O)c1. The van der Waals surface area contributed by atoms with Gasteiger partial charge in [0.05, 0.1) is 16.9 Å². The van der Waals surface area contributed by atoms with Crippen LogP contribution < -0.4 is 0 Å². The molecular formula is C15H12N4O3. The number of benzene rings is 1. The van der Waals surface area contributed by atoms with Gasteiger partial charge in [-0.2, -0.15) is 0 Å². The van der Waals surface area contributed by atoms with E-state index in [2.05, 4.69) is 15.2 Å². The monoisotopic (exact) mass is 296 g/mol. The maximum atomic E-state index is 11.0. The van der Waals surface area contributed by atoms with Gasteiger partial charge in [-0.1, -0.05) is 6.07 Å². The molecule has 0 radical (unpaired) electrons. The van der Waals surface area contributed by atoms with Crippen molar-refractivity contribution in [2.45, 2.75) is 6.92 Å². The Hall–Kier alpha value is -3.22. The number of azo groups is 1. The molecule has 3 rings (SSSR count). The number of phenolic OH excluding ortho intramolecular Hbond substituents is 1. The van der Waals surface area contributed by atoms with E-state index in [0.717, 1.165) is 0 Å². The van der Waals surface area contributed by atoms with E-state index in [0.29, 0.717) is 22.8 Å². The third-order valence-corrected chi connectivity index (χ3v) is 3.11. The lowest BCUT2D eigenvalue weighted by molar-refractivity contribution is 0.0697. The van der Waals surface area contributed by atoms with E-state index in [1.165, 1.54) is 18.2 Å². The van der Waals surface area contributed by atoms with Crippen molar-refractivity contribution in [3.8, 4) is 5.75 Å². The van der Waals surface area contributed by atoms with Crippen LogP contribution in [0.15, 0.2) is 52.8 Å². The fourth-order valence-electron chi connectivity index (χ4n) is 2.06. The van der Waals surface area contributed by atoms with Crippen molar-refractivity contribution in [1.29, 1.82) is 0 Å². The van der Waals surface area contributed by atoms with E-state index in [9.17, 15) is 9.90 Å². The molecule has 2 aromatic heterocycles. The van der Waals surface area contributed by atoms with Gasteiger partial charge in [-0.05, 0) is 31.2 Å². The van der Waals surface area contributed by atoms with Crippen LogP contribution >= 0.6 is 0 Å². The molecule has 2 heterocycles. The Kier molecular flexibility index (Phi) is 3.30. The van der Waals surface area contributed by atoms with Crippen molar-refractivity contribution >= 4 is 23.1 Å². The molecule has 0 saturated heterocycles. The lowest BCUT2D eigenvalue weighted by Gasteiger charge is -1.98. The molecule has 0 aliphatic rings. The van der Waals surface area contributed by atoms with Crippen molar-refractivity contribution in [2.24, 2.45) is 10.2 Å². The third kappa shape index (κ3) is 2.51. The molecule has 0 aliphatic heterocycles. The van der Waals surface area contributed by atoms with Crippen molar-refractivity contribution in [2.75, 3.05) is 0 Å². The van der Waals surface area contributed by atoms with Crippen LogP contribution in [0.1, 0.15) is 16.1 Å². The standard InChI is InChI=1S/C15H12N4O3/c1-9-14(18-17-11-3-2-4-12(20)8-11)19-6-5-10(15(21)22)7-13(19)16-9/h2-8,20H,1H3,(H,21,22). The molecule has 0 spiro atoms. The summed E-state index contributed by atoms with van der Waals surface area (Å²) in [4.78, 5) is 15.3. The first-order valence-electron chi connectivity index (χ1n) is 6.47. The largest absolute Gasteiger partial charge is 0.508 e. The molecule has 0 bridgehead atoms. The molecular weight excluding hydrogens is 284 g/mol. The molecule has 0 atom stereocenters. The average Bonchev–Trinajstić information content (AvgIpc) is 2.79. The first-order valence-corrected chi connectivity index (χ1v) is 6.47. The van der Waals surface area contributed by atoms with Gasteiger partial charge in [-0.3, -0.25) is 4.40 Å². The number of aromatic hydroxyl groups is 1. The molecule has 110 valence electrons. The Morgan fingerprint density at radius 1 is 1.23 bits per heavy atom. The van der Waals surface area contributed by atoms with E-state index in [1.54, 1.807) is 35.7 Å². The second-order valence-electron chi connectivity index (χ2n) is 4.69. The van der Waals surface area contributed by atoms with Crippen LogP contribution in [0.5, 0.6) is 5.75 Å². The first-order chi connectivity index (χ1) is 10.5. The van der Waals surface area contributed by atoms with Gasteiger partial charge >= 0.3 is 5.97 Å². The van der Waals surface area contributed by atoms with Gasteiger partial charge in [-0.15, -0.1) is 10.2 Å². The van der Waals surface area contributed by atoms with Crippen LogP contribution in [-0.4, -0.2) is 25.6 Å². The maximum Gasteiger partial charge on any atom is 0.335 e. The molecule has 1 aromatic carbocycles. The highest BCUT2D eigenvalue weighted by Gasteiger charge is 2.11. The van der Waals surface area contributed by atoms with Crippen molar-refractivity contribution < 1.29 is 15.0 Å². The van der Waals surface area contributed by atoms with Crippen molar-refractivity contribution in [3.05, 3.63) is 53.9 Å². The number of aromatic nitrogens is 2. The fourth-order valence-corrected chi connectivity index (χ4v) is 2.06. The molecule has 0 saturated carbocycles. The number of hydrogen-bond acceptors (Lipinski definition) is 5.